The summed E-state index contributed by atoms with van der Waals surface area (Å²) in [7, 11) is 0. The highest BCUT2D eigenvalue weighted by Crippen LogP contribution is 2.24. The molecule has 0 radical (unpaired) electrons. The van der Waals surface area contributed by atoms with Crippen LogP contribution < -0.4 is 5.73 Å². The highest BCUT2D eigenvalue weighted by molar-refractivity contribution is 6.29. The van der Waals surface area contributed by atoms with Gasteiger partial charge in [0.2, 0.25) is 0 Å². The van der Waals surface area contributed by atoms with Crippen LogP contribution in [-0.2, 0) is 6.42 Å². The number of furan rings is 1. The van der Waals surface area contributed by atoms with Crippen molar-refractivity contribution in [2.75, 3.05) is 0 Å². The fourth-order valence-electron chi connectivity index (χ4n) is 1.55. The molecule has 0 saturated carbocycles. The Balaban J connectivity index is 2.10. The minimum atomic E-state index is -0.251. The first-order valence-electron chi connectivity index (χ1n) is 4.89. The predicted molar refractivity (Wildman–Crippen MR) is 60.8 cm³/mol. The average molecular weight is 240 g/mol. The van der Waals surface area contributed by atoms with Gasteiger partial charge in [-0.3, -0.25) is 0 Å². The lowest BCUT2D eigenvalue weighted by molar-refractivity contribution is 0.560. The van der Waals surface area contributed by atoms with Gasteiger partial charge in [-0.1, -0.05) is 12.1 Å². The summed E-state index contributed by atoms with van der Waals surface area (Å²) in [5.74, 6) is -0.251. The zero-order valence-electron chi connectivity index (χ0n) is 8.49. The summed E-state index contributed by atoms with van der Waals surface area (Å²) in [5, 5.41) is 0.314. The molecule has 2 rings (SSSR count). The fraction of sp³-hybridized carbons (Fsp3) is 0.167. The second kappa shape index (κ2) is 4.68. The Labute approximate surface area is 97.8 Å². The molecule has 0 amide bonds. The molecule has 0 aliphatic heterocycles. The molecule has 16 heavy (non-hydrogen) atoms. The minimum absolute atomic E-state index is 0.239. The number of hydrogen-bond acceptors (Lipinski definition) is 2. The molecule has 0 aliphatic carbocycles. The maximum Gasteiger partial charge on any atom is 0.197 e. The van der Waals surface area contributed by atoms with E-state index in [2.05, 4.69) is 0 Å². The first-order chi connectivity index (χ1) is 7.66. The van der Waals surface area contributed by atoms with Gasteiger partial charge in [-0.2, -0.15) is 0 Å². The Morgan fingerprint density at radius 2 is 1.94 bits per heavy atom. The molecule has 0 aliphatic rings. The van der Waals surface area contributed by atoms with Gasteiger partial charge in [0.1, 0.15) is 5.82 Å². The van der Waals surface area contributed by atoms with Gasteiger partial charge < -0.3 is 10.2 Å². The molecule has 2 N–H and O–H groups in total. The normalized spacial score (nSPS) is 12.7. The number of halogens is 2. The average Bonchev–Trinajstić information content (AvgIpc) is 2.68. The fourth-order valence-corrected chi connectivity index (χ4v) is 1.81. The molecule has 1 aromatic carbocycles. The van der Waals surface area contributed by atoms with Crippen molar-refractivity contribution < 1.29 is 8.81 Å². The van der Waals surface area contributed by atoms with Crippen LogP contribution in [0.15, 0.2) is 41.0 Å². The number of benzene rings is 1. The third-order valence-electron chi connectivity index (χ3n) is 2.41. The molecule has 2 nitrogen and oxygen atoms in total. The van der Waals surface area contributed by atoms with Crippen molar-refractivity contribution in [2.45, 2.75) is 12.5 Å². The molecule has 1 aromatic heterocycles. The van der Waals surface area contributed by atoms with Crippen molar-refractivity contribution in [2.24, 2.45) is 5.73 Å². The second-order valence-corrected chi connectivity index (χ2v) is 3.93. The van der Waals surface area contributed by atoms with Crippen LogP contribution >= 0.6 is 11.6 Å². The Hall–Kier alpha value is -1.32. The molecular weight excluding hydrogens is 229 g/mol. The largest absolute Gasteiger partial charge is 0.453 e. The van der Waals surface area contributed by atoms with Gasteiger partial charge in [-0.15, -0.1) is 0 Å². The topological polar surface area (TPSA) is 39.2 Å². The molecule has 1 heterocycles. The zero-order valence-corrected chi connectivity index (χ0v) is 9.25. The van der Waals surface area contributed by atoms with Crippen LogP contribution in [0.5, 0.6) is 0 Å². The molecular formula is C12H11ClFNO. The quantitative estimate of drug-likeness (QED) is 0.893. The van der Waals surface area contributed by atoms with Crippen molar-refractivity contribution in [1.29, 1.82) is 0 Å². The molecule has 0 bridgehead atoms. The Bertz CT molecular complexity index is 466. The number of rotatable bonds is 3. The molecule has 4 heteroatoms. The van der Waals surface area contributed by atoms with Gasteiger partial charge in [0.25, 0.3) is 0 Å². The van der Waals surface area contributed by atoms with E-state index in [0.717, 1.165) is 11.1 Å². The zero-order chi connectivity index (χ0) is 11.5. The van der Waals surface area contributed by atoms with E-state index in [1.807, 2.05) is 0 Å². The third-order valence-corrected chi connectivity index (χ3v) is 2.72. The van der Waals surface area contributed by atoms with Gasteiger partial charge in [-0.05, 0) is 41.8 Å². The van der Waals surface area contributed by atoms with Crippen LogP contribution in [0.1, 0.15) is 17.2 Å². The van der Waals surface area contributed by atoms with Crippen molar-refractivity contribution in [3.8, 4) is 0 Å². The van der Waals surface area contributed by atoms with Gasteiger partial charge >= 0.3 is 0 Å². The number of nitrogens with two attached hydrogens (primary N) is 1. The van der Waals surface area contributed by atoms with Crippen LogP contribution in [0, 0.1) is 5.82 Å². The Kier molecular flexibility index (Phi) is 3.27. The van der Waals surface area contributed by atoms with E-state index >= 15 is 0 Å². The molecule has 0 saturated heterocycles. The summed E-state index contributed by atoms with van der Waals surface area (Å²) in [6, 6.07) is 7.76. The summed E-state index contributed by atoms with van der Waals surface area (Å²) in [5.41, 5.74) is 7.71. The lowest BCUT2D eigenvalue weighted by atomic mass is 10.0. The van der Waals surface area contributed by atoms with Crippen molar-refractivity contribution in [3.05, 3.63) is 58.8 Å². The van der Waals surface area contributed by atoms with Gasteiger partial charge in [0, 0.05) is 11.6 Å². The predicted octanol–water partition coefficient (Wildman–Crippen LogP) is 3.31. The summed E-state index contributed by atoms with van der Waals surface area (Å²) in [6.07, 6.45) is 2.10. The summed E-state index contributed by atoms with van der Waals surface area (Å²) < 4.78 is 17.7. The van der Waals surface area contributed by atoms with Crippen LogP contribution in [0.4, 0.5) is 4.39 Å². The van der Waals surface area contributed by atoms with Gasteiger partial charge in [-0.25, -0.2) is 4.39 Å². The SMILES string of the molecule is NC(Cc1ccc(F)cc1)c1ccoc1Cl. The van der Waals surface area contributed by atoms with E-state index < -0.39 is 0 Å². The highest BCUT2D eigenvalue weighted by Gasteiger charge is 2.13. The summed E-state index contributed by atoms with van der Waals surface area (Å²) >= 11 is 5.82. The van der Waals surface area contributed by atoms with Crippen molar-refractivity contribution >= 4 is 11.6 Å². The second-order valence-electron chi connectivity index (χ2n) is 3.59. The molecule has 84 valence electrons. The van der Waals surface area contributed by atoms with E-state index in [-0.39, 0.29) is 11.9 Å². The van der Waals surface area contributed by atoms with E-state index in [0.29, 0.717) is 11.6 Å². The molecule has 1 unspecified atom stereocenters. The number of hydrogen-bond donors (Lipinski definition) is 1. The maximum atomic E-state index is 12.7. The maximum absolute atomic E-state index is 12.7. The minimum Gasteiger partial charge on any atom is -0.453 e. The van der Waals surface area contributed by atoms with E-state index in [1.54, 1.807) is 18.2 Å². The highest BCUT2D eigenvalue weighted by atomic mass is 35.5. The molecule has 2 aromatic rings. The Morgan fingerprint density at radius 3 is 2.50 bits per heavy atom. The van der Waals surface area contributed by atoms with Gasteiger partial charge in [0.15, 0.2) is 5.22 Å². The van der Waals surface area contributed by atoms with E-state index in [9.17, 15) is 4.39 Å². The summed E-state index contributed by atoms with van der Waals surface area (Å²) in [4.78, 5) is 0. The summed E-state index contributed by atoms with van der Waals surface area (Å²) in [6.45, 7) is 0. The lowest BCUT2D eigenvalue weighted by Crippen LogP contribution is -2.12. The molecule has 0 spiro atoms. The first-order valence-corrected chi connectivity index (χ1v) is 5.27. The molecule has 1 atom stereocenters. The van der Waals surface area contributed by atoms with Crippen LogP contribution in [-0.4, -0.2) is 0 Å². The smallest absolute Gasteiger partial charge is 0.197 e. The van der Waals surface area contributed by atoms with Crippen LogP contribution in [0.25, 0.3) is 0 Å². The third kappa shape index (κ3) is 2.43. The molecule has 0 fully saturated rings. The lowest BCUT2D eigenvalue weighted by Gasteiger charge is -2.09. The van der Waals surface area contributed by atoms with Crippen LogP contribution in [0.2, 0.25) is 5.22 Å². The van der Waals surface area contributed by atoms with Gasteiger partial charge in [0.05, 0.1) is 6.26 Å². The first kappa shape index (κ1) is 11.2. The van der Waals surface area contributed by atoms with E-state index in [4.69, 9.17) is 21.8 Å². The standard InChI is InChI=1S/C12H11ClFNO/c13-12-10(5-6-16-12)11(15)7-8-1-3-9(14)4-2-8/h1-6,11H,7,15H2. The van der Waals surface area contributed by atoms with Crippen molar-refractivity contribution in [3.63, 3.8) is 0 Å². The van der Waals surface area contributed by atoms with E-state index in [1.165, 1.54) is 18.4 Å². The van der Waals surface area contributed by atoms with Crippen molar-refractivity contribution in [1.82, 2.24) is 0 Å². The van der Waals surface area contributed by atoms with Crippen LogP contribution in [0.3, 0.4) is 0 Å². The Morgan fingerprint density at radius 1 is 1.25 bits per heavy atom. The monoisotopic (exact) mass is 239 g/mol.